The highest BCUT2D eigenvalue weighted by molar-refractivity contribution is 7.47. The molecule has 0 radical (unpaired) electrons. The SMILES string of the molecule is CC/C=C\C/C=C\C/C=C\C/C=C\C/C=C\CCCCCC(=O)O[C@H](COC(=O)CCCCC(=O)C[C@@H]1[C@@H](/C=C/[C@@H](O)CCCCC)[C@H](O)C[C@@H]1O)COP(=O)(O)OCC[N+](C)(C)C. The number of esters is 2. The van der Waals surface area contributed by atoms with Crippen LogP contribution < -0.4 is 0 Å². The highest BCUT2D eigenvalue weighted by Crippen LogP contribution is 2.43. The van der Waals surface area contributed by atoms with Gasteiger partial charge in [-0.15, -0.1) is 0 Å². The molecule has 0 aromatic rings. The van der Waals surface area contributed by atoms with Gasteiger partial charge in [0.05, 0.1) is 46.1 Å². The molecular formula is C50H85NO12P+. The molecule has 1 fully saturated rings. The highest BCUT2D eigenvalue weighted by atomic mass is 31.2. The molecule has 0 aromatic carbocycles. The van der Waals surface area contributed by atoms with E-state index in [0.717, 1.165) is 70.6 Å². The fraction of sp³-hybridized carbons (Fsp3) is 0.700. The first-order valence-electron chi connectivity index (χ1n) is 23.8. The van der Waals surface area contributed by atoms with Gasteiger partial charge in [-0.05, 0) is 70.6 Å². The van der Waals surface area contributed by atoms with Gasteiger partial charge < -0.3 is 34.2 Å². The molecule has 1 unspecified atom stereocenters. The predicted molar refractivity (Wildman–Crippen MR) is 254 cm³/mol. The van der Waals surface area contributed by atoms with E-state index < -0.39 is 69.2 Å². The summed E-state index contributed by atoms with van der Waals surface area (Å²) in [6.07, 6.45) is 34.4. The third-order valence-electron chi connectivity index (χ3n) is 10.7. The first-order valence-corrected chi connectivity index (χ1v) is 25.3. The lowest BCUT2D eigenvalue weighted by Gasteiger charge is -2.24. The van der Waals surface area contributed by atoms with Crippen LogP contribution in [-0.2, 0) is 37.5 Å². The Bertz CT molecular complexity index is 1500. The Morgan fingerprint density at radius 3 is 1.94 bits per heavy atom. The number of hydrogen-bond acceptors (Lipinski definition) is 11. The third kappa shape index (κ3) is 32.6. The van der Waals surface area contributed by atoms with E-state index in [1.807, 2.05) is 21.1 Å². The van der Waals surface area contributed by atoms with Crippen molar-refractivity contribution in [2.75, 3.05) is 47.5 Å². The van der Waals surface area contributed by atoms with Crippen molar-refractivity contribution < 1.29 is 62.2 Å². The second-order valence-electron chi connectivity index (χ2n) is 17.7. The molecule has 0 amide bonds. The molecule has 1 aliphatic carbocycles. The van der Waals surface area contributed by atoms with Crippen molar-refractivity contribution in [3.8, 4) is 0 Å². The second-order valence-corrected chi connectivity index (χ2v) is 19.2. The van der Waals surface area contributed by atoms with Crippen LogP contribution in [-0.4, -0.2) is 114 Å². The van der Waals surface area contributed by atoms with Crippen LogP contribution in [0.1, 0.15) is 142 Å². The molecule has 4 N–H and O–H groups in total. The van der Waals surface area contributed by atoms with Gasteiger partial charge in [-0.25, -0.2) is 4.57 Å². The summed E-state index contributed by atoms with van der Waals surface area (Å²) in [4.78, 5) is 48.5. The van der Waals surface area contributed by atoms with Crippen molar-refractivity contribution in [3.05, 3.63) is 72.9 Å². The number of quaternary nitrogens is 1. The van der Waals surface area contributed by atoms with Crippen molar-refractivity contribution in [1.29, 1.82) is 0 Å². The summed E-state index contributed by atoms with van der Waals surface area (Å²) in [7, 11) is 1.24. The van der Waals surface area contributed by atoms with E-state index in [4.69, 9.17) is 18.5 Å². The number of nitrogens with zero attached hydrogens (tertiary/aromatic N) is 1. The molecule has 13 nitrogen and oxygen atoms in total. The number of unbranched alkanes of at least 4 members (excludes halogenated alkanes) is 6. The molecule has 1 aliphatic rings. The Hall–Kier alpha value is -3.00. The number of Topliss-reactive ketones (excluding diaryl/α,β-unsaturated/α-hetero) is 1. The number of phosphoric ester groups is 1. The molecule has 0 saturated heterocycles. The van der Waals surface area contributed by atoms with Crippen LogP contribution in [0.3, 0.4) is 0 Å². The molecule has 0 spiro atoms. The van der Waals surface area contributed by atoms with Crippen molar-refractivity contribution in [2.45, 2.75) is 167 Å². The standard InChI is InChI=1S/C50H84NO12P/c1-6-8-10-11-12-13-14-15-16-17-18-19-20-21-22-23-24-25-27-33-50(57)63-44(41-62-64(58,59)61-37-36-51(3,4)5)40-60-49(56)32-29-28-31-43(53)38-46-45(47(54)39-48(46)55)35-34-42(52)30-26-9-7-2/h8,10,12-13,15-16,18-19,21-22,34-35,42,44-48,52,54-55H,6-7,9,11,14,17,20,23-33,36-41H2,1-5H3/p+1/b10-8-,13-12-,16-15-,19-18-,22-21-,35-34+/t42-,44+,45+,46+,47+,48-/m0/s1. The average molecular weight is 923 g/mol. The van der Waals surface area contributed by atoms with Crippen LogP contribution in [0.5, 0.6) is 0 Å². The zero-order chi connectivity index (χ0) is 47.5. The Morgan fingerprint density at radius 1 is 0.719 bits per heavy atom. The van der Waals surface area contributed by atoms with Crippen LogP contribution in [0.15, 0.2) is 72.9 Å². The predicted octanol–water partition coefficient (Wildman–Crippen LogP) is 9.36. The second kappa shape index (κ2) is 36.2. The number of phosphoric acid groups is 1. The number of ether oxygens (including phenoxy) is 2. The first kappa shape index (κ1) is 59.0. The van der Waals surface area contributed by atoms with Crippen molar-refractivity contribution in [3.63, 3.8) is 0 Å². The molecule has 0 aromatic heterocycles. The smallest absolute Gasteiger partial charge is 0.462 e. The van der Waals surface area contributed by atoms with E-state index >= 15 is 0 Å². The fourth-order valence-electron chi connectivity index (χ4n) is 6.92. The zero-order valence-electron chi connectivity index (χ0n) is 39.8. The summed E-state index contributed by atoms with van der Waals surface area (Å²) in [5, 5.41) is 31.4. The van der Waals surface area contributed by atoms with E-state index in [9.17, 15) is 39.2 Å². The van der Waals surface area contributed by atoms with Gasteiger partial charge in [0.1, 0.15) is 25.5 Å². The maximum absolute atomic E-state index is 12.9. The van der Waals surface area contributed by atoms with Gasteiger partial charge in [-0.3, -0.25) is 23.4 Å². The Labute approximate surface area is 385 Å². The van der Waals surface area contributed by atoms with Gasteiger partial charge in [0, 0.05) is 43.9 Å². The summed E-state index contributed by atoms with van der Waals surface area (Å²) in [6, 6.07) is 0. The topological polar surface area (TPSA) is 186 Å². The van der Waals surface area contributed by atoms with E-state index in [1.165, 1.54) is 0 Å². The number of rotatable bonds is 38. The van der Waals surface area contributed by atoms with Crippen molar-refractivity contribution in [1.82, 2.24) is 0 Å². The molecule has 0 heterocycles. The van der Waals surface area contributed by atoms with Crippen LogP contribution in [0, 0.1) is 11.8 Å². The summed E-state index contributed by atoms with van der Waals surface area (Å²) < 4.78 is 34.2. The molecule has 0 bridgehead atoms. The van der Waals surface area contributed by atoms with Crippen LogP contribution >= 0.6 is 7.82 Å². The minimum Gasteiger partial charge on any atom is -0.462 e. The monoisotopic (exact) mass is 923 g/mol. The van der Waals surface area contributed by atoms with E-state index in [0.29, 0.717) is 36.7 Å². The number of hydrogen-bond donors (Lipinski definition) is 4. The largest absolute Gasteiger partial charge is 0.472 e. The Kier molecular flexibility index (Phi) is 33.3. The van der Waals surface area contributed by atoms with Crippen LogP contribution in [0.2, 0.25) is 0 Å². The number of carbonyl (C=O) groups is 3. The Morgan fingerprint density at radius 2 is 1.31 bits per heavy atom. The molecule has 7 atom stereocenters. The number of aliphatic hydroxyl groups is 3. The highest BCUT2D eigenvalue weighted by Gasteiger charge is 2.41. The summed E-state index contributed by atoms with van der Waals surface area (Å²) in [5.74, 6) is -2.12. The van der Waals surface area contributed by atoms with E-state index in [-0.39, 0.29) is 44.5 Å². The molecule has 366 valence electrons. The molecule has 14 heteroatoms. The van der Waals surface area contributed by atoms with Gasteiger partial charge in [0.25, 0.3) is 0 Å². The summed E-state index contributed by atoms with van der Waals surface area (Å²) in [6.45, 7) is 3.71. The Balaban J connectivity index is 2.51. The first-order chi connectivity index (χ1) is 30.6. The summed E-state index contributed by atoms with van der Waals surface area (Å²) >= 11 is 0. The maximum atomic E-state index is 12.9. The molecular weight excluding hydrogens is 838 g/mol. The van der Waals surface area contributed by atoms with Gasteiger partial charge in [0.15, 0.2) is 6.10 Å². The quantitative estimate of drug-likeness (QED) is 0.0151. The normalized spacial score (nSPS) is 20.4. The van der Waals surface area contributed by atoms with Crippen LogP contribution in [0.4, 0.5) is 0 Å². The zero-order valence-corrected chi connectivity index (χ0v) is 40.7. The van der Waals surface area contributed by atoms with Crippen molar-refractivity contribution in [2.24, 2.45) is 11.8 Å². The number of carbonyl (C=O) groups excluding carboxylic acids is 3. The van der Waals surface area contributed by atoms with Gasteiger partial charge in [0.2, 0.25) is 0 Å². The number of ketones is 1. The maximum Gasteiger partial charge on any atom is 0.472 e. The number of aliphatic hydroxyl groups excluding tert-OH is 3. The number of likely N-dealkylation sites (N-methyl/N-ethyl adjacent to an activating group) is 1. The third-order valence-corrected chi connectivity index (χ3v) is 11.7. The van der Waals surface area contributed by atoms with Gasteiger partial charge in [-0.2, -0.15) is 0 Å². The minimum absolute atomic E-state index is 0.00853. The molecule has 1 rings (SSSR count). The van der Waals surface area contributed by atoms with Gasteiger partial charge in [-0.1, -0.05) is 112 Å². The van der Waals surface area contributed by atoms with Crippen LogP contribution in [0.25, 0.3) is 0 Å². The lowest BCUT2D eigenvalue weighted by Crippen LogP contribution is -2.37. The van der Waals surface area contributed by atoms with Gasteiger partial charge >= 0.3 is 19.8 Å². The molecule has 0 aliphatic heterocycles. The fourth-order valence-corrected chi connectivity index (χ4v) is 7.66. The van der Waals surface area contributed by atoms with E-state index in [2.05, 4.69) is 74.6 Å². The molecule has 1 saturated carbocycles. The average Bonchev–Trinajstić information content (AvgIpc) is 3.49. The number of allylic oxidation sites excluding steroid dienone is 10. The summed E-state index contributed by atoms with van der Waals surface area (Å²) in [5.41, 5.74) is 0. The lowest BCUT2D eigenvalue weighted by atomic mass is 9.87. The van der Waals surface area contributed by atoms with E-state index in [1.54, 1.807) is 12.2 Å². The minimum atomic E-state index is -4.48. The van der Waals surface area contributed by atoms with Crippen molar-refractivity contribution >= 4 is 25.5 Å². The molecule has 64 heavy (non-hydrogen) atoms. The lowest BCUT2D eigenvalue weighted by molar-refractivity contribution is -0.870.